The molecule has 5 nitrogen and oxygen atoms in total. The summed E-state index contributed by atoms with van der Waals surface area (Å²) in [4.78, 5) is 4.43. The van der Waals surface area contributed by atoms with Gasteiger partial charge in [0.1, 0.15) is 5.75 Å². The van der Waals surface area contributed by atoms with Crippen molar-refractivity contribution in [2.45, 2.75) is 38.0 Å². The standard InChI is InChI=1S/C25H35N3O2.HI/c1-20-11-12-23(29-3)22(18-20)25(13-16-30-17-14-25)19-28-24(26-2)27-15-7-10-21-8-5-4-6-9-21;/h4-6,8-9,11-12,18H,7,10,13-17,19H2,1-3H3,(H2,26,27,28);1H. The Morgan fingerprint density at radius 1 is 1.10 bits per heavy atom. The summed E-state index contributed by atoms with van der Waals surface area (Å²) in [5.41, 5.74) is 3.85. The number of benzene rings is 2. The maximum Gasteiger partial charge on any atom is 0.191 e. The normalized spacial score (nSPS) is 15.6. The lowest BCUT2D eigenvalue weighted by molar-refractivity contribution is 0.0505. The fraction of sp³-hybridized carbons (Fsp3) is 0.480. The number of hydrogen-bond acceptors (Lipinski definition) is 3. The molecule has 0 atom stereocenters. The zero-order valence-corrected chi connectivity index (χ0v) is 21.3. The molecule has 0 aromatic heterocycles. The van der Waals surface area contributed by atoms with Gasteiger partial charge in [-0.25, -0.2) is 0 Å². The van der Waals surface area contributed by atoms with Gasteiger partial charge in [0.05, 0.1) is 7.11 Å². The summed E-state index contributed by atoms with van der Waals surface area (Å²) in [6, 6.07) is 17.1. The van der Waals surface area contributed by atoms with E-state index in [0.717, 1.165) is 63.7 Å². The number of methoxy groups -OCH3 is 1. The lowest BCUT2D eigenvalue weighted by Crippen LogP contribution is -2.48. The lowest BCUT2D eigenvalue weighted by Gasteiger charge is -2.39. The van der Waals surface area contributed by atoms with Crippen LogP contribution in [0.15, 0.2) is 53.5 Å². The van der Waals surface area contributed by atoms with E-state index in [1.165, 1.54) is 16.7 Å². The smallest absolute Gasteiger partial charge is 0.191 e. The van der Waals surface area contributed by atoms with Gasteiger partial charge in [0.2, 0.25) is 0 Å². The number of halogens is 1. The van der Waals surface area contributed by atoms with Crippen LogP contribution in [0.1, 0.15) is 36.0 Å². The molecule has 3 rings (SSSR count). The van der Waals surface area contributed by atoms with Crippen molar-refractivity contribution in [1.29, 1.82) is 0 Å². The van der Waals surface area contributed by atoms with Crippen molar-refractivity contribution in [2.24, 2.45) is 4.99 Å². The van der Waals surface area contributed by atoms with E-state index in [0.29, 0.717) is 0 Å². The Bertz CT molecular complexity index is 821. The zero-order chi connectivity index (χ0) is 21.2. The summed E-state index contributed by atoms with van der Waals surface area (Å²) >= 11 is 0. The molecule has 1 aliphatic heterocycles. The average Bonchev–Trinajstić information content (AvgIpc) is 2.80. The molecule has 1 fully saturated rings. The van der Waals surface area contributed by atoms with E-state index in [-0.39, 0.29) is 29.4 Å². The second-order valence-corrected chi connectivity index (χ2v) is 8.04. The Morgan fingerprint density at radius 2 is 1.84 bits per heavy atom. The van der Waals surface area contributed by atoms with Gasteiger partial charge < -0.3 is 20.1 Å². The van der Waals surface area contributed by atoms with Crippen molar-refractivity contribution < 1.29 is 9.47 Å². The van der Waals surface area contributed by atoms with Crippen LogP contribution in [0.5, 0.6) is 5.75 Å². The van der Waals surface area contributed by atoms with Crippen LogP contribution in [0.4, 0.5) is 0 Å². The first-order valence-corrected chi connectivity index (χ1v) is 10.9. The van der Waals surface area contributed by atoms with Crippen LogP contribution in [-0.2, 0) is 16.6 Å². The molecule has 0 unspecified atom stereocenters. The Kier molecular flexibility index (Phi) is 10.6. The van der Waals surface area contributed by atoms with Crippen LogP contribution < -0.4 is 15.4 Å². The summed E-state index contributed by atoms with van der Waals surface area (Å²) in [5.74, 6) is 1.80. The van der Waals surface area contributed by atoms with Crippen LogP contribution >= 0.6 is 24.0 Å². The molecule has 2 N–H and O–H groups in total. The number of ether oxygens (including phenoxy) is 2. The van der Waals surface area contributed by atoms with Gasteiger partial charge in [-0.3, -0.25) is 4.99 Å². The van der Waals surface area contributed by atoms with Crippen LogP contribution in [0.2, 0.25) is 0 Å². The quantitative estimate of drug-likeness (QED) is 0.226. The van der Waals surface area contributed by atoms with E-state index >= 15 is 0 Å². The molecule has 0 aliphatic carbocycles. The minimum atomic E-state index is -0.0305. The highest BCUT2D eigenvalue weighted by Crippen LogP contribution is 2.40. The lowest BCUT2D eigenvalue weighted by atomic mass is 9.73. The molecule has 0 bridgehead atoms. The first kappa shape index (κ1) is 25.5. The van der Waals surface area contributed by atoms with Gasteiger partial charge in [0.25, 0.3) is 0 Å². The molecule has 0 amide bonds. The summed E-state index contributed by atoms with van der Waals surface area (Å²) in [5, 5.41) is 7.04. The summed E-state index contributed by atoms with van der Waals surface area (Å²) in [7, 11) is 3.58. The molecule has 0 spiro atoms. The minimum absolute atomic E-state index is 0. The second-order valence-electron chi connectivity index (χ2n) is 8.04. The van der Waals surface area contributed by atoms with Gasteiger partial charge in [-0.05, 0) is 44.2 Å². The Balaban J connectivity index is 0.00000341. The highest BCUT2D eigenvalue weighted by atomic mass is 127. The van der Waals surface area contributed by atoms with E-state index in [2.05, 4.69) is 71.1 Å². The number of rotatable bonds is 8. The van der Waals surface area contributed by atoms with Gasteiger partial charge in [-0.2, -0.15) is 0 Å². The maximum absolute atomic E-state index is 5.72. The summed E-state index contributed by atoms with van der Waals surface area (Å²) in [6.07, 6.45) is 4.05. The second kappa shape index (κ2) is 12.9. The van der Waals surface area contributed by atoms with Crippen LogP contribution in [-0.4, -0.2) is 46.4 Å². The molecule has 0 saturated carbocycles. The number of hydrogen-bond donors (Lipinski definition) is 2. The number of nitrogens with one attached hydrogen (secondary N) is 2. The number of nitrogens with zero attached hydrogens (tertiary/aromatic N) is 1. The fourth-order valence-electron chi connectivity index (χ4n) is 4.16. The topological polar surface area (TPSA) is 54.9 Å². The van der Waals surface area contributed by atoms with Gasteiger partial charge in [0.15, 0.2) is 5.96 Å². The van der Waals surface area contributed by atoms with Crippen molar-refractivity contribution in [2.75, 3.05) is 40.5 Å². The molecule has 170 valence electrons. The van der Waals surface area contributed by atoms with Crippen molar-refractivity contribution in [1.82, 2.24) is 10.6 Å². The third kappa shape index (κ3) is 7.10. The summed E-state index contributed by atoms with van der Waals surface area (Å²) in [6.45, 7) is 5.35. The number of aryl methyl sites for hydroxylation is 2. The monoisotopic (exact) mass is 537 g/mol. The molecule has 1 heterocycles. The van der Waals surface area contributed by atoms with E-state index in [1.807, 2.05) is 7.05 Å². The van der Waals surface area contributed by atoms with Gasteiger partial charge in [-0.15, -0.1) is 24.0 Å². The van der Waals surface area contributed by atoms with Crippen LogP contribution in [0.25, 0.3) is 0 Å². The van der Waals surface area contributed by atoms with E-state index in [4.69, 9.17) is 9.47 Å². The highest BCUT2D eigenvalue weighted by molar-refractivity contribution is 14.0. The van der Waals surface area contributed by atoms with E-state index < -0.39 is 0 Å². The molecule has 0 radical (unpaired) electrons. The SMILES string of the molecule is CN=C(NCCCc1ccccc1)NCC1(c2cc(C)ccc2OC)CCOCC1.I. The fourth-order valence-corrected chi connectivity index (χ4v) is 4.16. The molecule has 6 heteroatoms. The molecule has 1 aliphatic rings. The Labute approximate surface area is 204 Å². The predicted octanol–water partition coefficient (Wildman–Crippen LogP) is 4.47. The molecule has 2 aromatic carbocycles. The average molecular weight is 537 g/mol. The van der Waals surface area contributed by atoms with Crippen molar-refractivity contribution in [3.8, 4) is 5.75 Å². The summed E-state index contributed by atoms with van der Waals surface area (Å²) < 4.78 is 11.4. The molecular formula is C25H36IN3O2. The number of aliphatic imine (C=N–C) groups is 1. The Morgan fingerprint density at radius 3 is 2.52 bits per heavy atom. The van der Waals surface area contributed by atoms with Crippen molar-refractivity contribution in [3.63, 3.8) is 0 Å². The van der Waals surface area contributed by atoms with Gasteiger partial charge in [-0.1, -0.05) is 48.0 Å². The molecule has 1 saturated heterocycles. The van der Waals surface area contributed by atoms with E-state index in [9.17, 15) is 0 Å². The third-order valence-corrected chi connectivity index (χ3v) is 5.97. The van der Waals surface area contributed by atoms with Gasteiger partial charge in [0, 0.05) is 44.3 Å². The maximum atomic E-state index is 5.72. The number of guanidine groups is 1. The first-order valence-electron chi connectivity index (χ1n) is 10.9. The molecule has 31 heavy (non-hydrogen) atoms. The van der Waals surface area contributed by atoms with Crippen molar-refractivity contribution >= 4 is 29.9 Å². The molecular weight excluding hydrogens is 501 g/mol. The largest absolute Gasteiger partial charge is 0.496 e. The van der Waals surface area contributed by atoms with Crippen molar-refractivity contribution in [3.05, 3.63) is 65.2 Å². The van der Waals surface area contributed by atoms with Crippen LogP contribution in [0, 0.1) is 6.92 Å². The zero-order valence-electron chi connectivity index (χ0n) is 18.9. The Hall–Kier alpha value is -1.80. The first-order chi connectivity index (χ1) is 14.7. The predicted molar refractivity (Wildman–Crippen MR) is 139 cm³/mol. The molecule has 2 aromatic rings. The highest BCUT2D eigenvalue weighted by Gasteiger charge is 2.37. The minimum Gasteiger partial charge on any atom is -0.496 e. The third-order valence-electron chi connectivity index (χ3n) is 5.97. The van der Waals surface area contributed by atoms with Gasteiger partial charge >= 0.3 is 0 Å². The van der Waals surface area contributed by atoms with Crippen LogP contribution in [0.3, 0.4) is 0 Å². The van der Waals surface area contributed by atoms with E-state index in [1.54, 1.807) is 7.11 Å².